The molecule has 0 spiro atoms. The first kappa shape index (κ1) is 14.1. The van der Waals surface area contributed by atoms with E-state index in [1.165, 1.54) is 11.2 Å². The summed E-state index contributed by atoms with van der Waals surface area (Å²) in [6.07, 6.45) is 0.394. The first-order chi connectivity index (χ1) is 10.6. The van der Waals surface area contributed by atoms with Crippen LogP contribution >= 0.6 is 0 Å². The lowest BCUT2D eigenvalue weighted by Gasteiger charge is -2.33. The number of hydrogen-bond acceptors (Lipinski definition) is 6. The van der Waals surface area contributed by atoms with Crippen LogP contribution in [-0.2, 0) is 4.79 Å². The third-order valence-corrected chi connectivity index (χ3v) is 3.29. The van der Waals surface area contributed by atoms with Gasteiger partial charge in [0.2, 0.25) is 0 Å². The van der Waals surface area contributed by atoms with Crippen LogP contribution in [0.15, 0.2) is 34.9 Å². The lowest BCUT2D eigenvalue weighted by atomic mass is 10.1. The zero-order valence-corrected chi connectivity index (χ0v) is 11.8. The summed E-state index contributed by atoms with van der Waals surface area (Å²) in [6.45, 7) is 1.68. The normalized spacial score (nSPS) is 16.6. The van der Waals surface area contributed by atoms with Gasteiger partial charge >= 0.3 is 0 Å². The number of nitrogens with two attached hydrogens (primary N) is 1. The number of aryl methyl sites for hydroxylation is 1. The van der Waals surface area contributed by atoms with Crippen LogP contribution in [0.3, 0.4) is 0 Å². The van der Waals surface area contributed by atoms with Crippen molar-refractivity contribution in [3.05, 3.63) is 42.1 Å². The predicted octanol–water partition coefficient (Wildman–Crippen LogP) is 0.381. The quantitative estimate of drug-likeness (QED) is 0.471. The fourth-order valence-corrected chi connectivity index (χ4v) is 2.26. The molecule has 0 bridgehead atoms. The number of nitrogens with zero attached hydrogens (tertiary/aromatic N) is 2. The van der Waals surface area contributed by atoms with Crippen LogP contribution < -0.4 is 20.9 Å². The van der Waals surface area contributed by atoms with Crippen molar-refractivity contribution < 1.29 is 18.7 Å². The molecule has 3 rings (SSSR count). The summed E-state index contributed by atoms with van der Waals surface area (Å²) >= 11 is 0. The number of para-hydroxylation sites is 2. The molecule has 1 aliphatic heterocycles. The standard InChI is InChI=1S/C14H14N4O4/c1-8-16-9(7-21-8)14(20)18-6-12(13(19)17-15)22-11-5-3-2-4-10(11)18/h2-5,7,12H,6,15H2,1H3,(H,17,19)/t12-/m0/s1. The number of amides is 2. The Hall–Kier alpha value is -2.87. The summed E-state index contributed by atoms with van der Waals surface area (Å²) in [7, 11) is 0. The zero-order valence-electron chi connectivity index (χ0n) is 11.8. The Morgan fingerprint density at radius 3 is 2.86 bits per heavy atom. The van der Waals surface area contributed by atoms with E-state index in [-0.39, 0.29) is 18.1 Å². The number of hydrazine groups is 1. The minimum Gasteiger partial charge on any atom is -0.476 e. The van der Waals surface area contributed by atoms with E-state index in [0.717, 1.165) is 0 Å². The molecule has 0 aliphatic carbocycles. The number of hydrogen-bond donors (Lipinski definition) is 2. The Morgan fingerprint density at radius 2 is 2.18 bits per heavy atom. The maximum absolute atomic E-state index is 12.6. The number of fused-ring (bicyclic) bond motifs is 1. The number of carbonyl (C=O) groups is 2. The molecule has 2 aromatic rings. The van der Waals surface area contributed by atoms with Crippen molar-refractivity contribution in [1.82, 2.24) is 10.4 Å². The maximum atomic E-state index is 12.6. The van der Waals surface area contributed by atoms with E-state index in [0.29, 0.717) is 17.3 Å². The highest BCUT2D eigenvalue weighted by Gasteiger charge is 2.34. The van der Waals surface area contributed by atoms with Gasteiger partial charge in [-0.05, 0) is 12.1 Å². The van der Waals surface area contributed by atoms with Gasteiger partial charge in [0.05, 0.1) is 12.2 Å². The second-order valence-electron chi connectivity index (χ2n) is 4.75. The van der Waals surface area contributed by atoms with E-state index in [1.54, 1.807) is 31.2 Å². The molecule has 1 aromatic carbocycles. The van der Waals surface area contributed by atoms with E-state index in [9.17, 15) is 9.59 Å². The summed E-state index contributed by atoms with van der Waals surface area (Å²) in [4.78, 5) is 29.8. The topological polar surface area (TPSA) is 111 Å². The second kappa shape index (κ2) is 5.49. The molecule has 0 saturated carbocycles. The molecule has 2 heterocycles. The van der Waals surface area contributed by atoms with Crippen LogP contribution in [0.4, 0.5) is 5.69 Å². The van der Waals surface area contributed by atoms with E-state index in [1.807, 2.05) is 5.43 Å². The summed E-state index contributed by atoms with van der Waals surface area (Å²) in [5, 5.41) is 0. The molecule has 1 aromatic heterocycles. The summed E-state index contributed by atoms with van der Waals surface area (Å²) < 4.78 is 10.6. The lowest BCUT2D eigenvalue weighted by molar-refractivity contribution is -0.127. The smallest absolute Gasteiger partial charge is 0.280 e. The third kappa shape index (κ3) is 2.40. The molecule has 0 unspecified atom stereocenters. The van der Waals surface area contributed by atoms with Gasteiger partial charge in [0.1, 0.15) is 12.0 Å². The number of rotatable bonds is 2. The van der Waals surface area contributed by atoms with E-state index in [2.05, 4.69) is 4.98 Å². The molecule has 114 valence electrons. The molecule has 2 amide bonds. The van der Waals surface area contributed by atoms with Gasteiger partial charge in [0.15, 0.2) is 17.7 Å². The van der Waals surface area contributed by atoms with Crippen molar-refractivity contribution in [2.24, 2.45) is 5.84 Å². The Kier molecular flexibility index (Phi) is 3.51. The van der Waals surface area contributed by atoms with Crippen LogP contribution in [0.5, 0.6) is 5.75 Å². The van der Waals surface area contributed by atoms with Gasteiger partial charge in [-0.25, -0.2) is 10.8 Å². The Labute approximate surface area is 125 Å². The molecule has 1 atom stereocenters. The van der Waals surface area contributed by atoms with Crippen LogP contribution in [0, 0.1) is 6.92 Å². The monoisotopic (exact) mass is 302 g/mol. The number of ether oxygens (including phenoxy) is 1. The number of nitrogens with one attached hydrogen (secondary N) is 1. The minimum atomic E-state index is -0.892. The predicted molar refractivity (Wildman–Crippen MR) is 76.1 cm³/mol. The lowest BCUT2D eigenvalue weighted by Crippen LogP contribution is -2.52. The Bertz CT molecular complexity index is 727. The van der Waals surface area contributed by atoms with Crippen molar-refractivity contribution >= 4 is 17.5 Å². The molecule has 0 fully saturated rings. The van der Waals surface area contributed by atoms with E-state index in [4.69, 9.17) is 15.0 Å². The molecular weight excluding hydrogens is 288 g/mol. The first-order valence-corrected chi connectivity index (χ1v) is 6.60. The van der Waals surface area contributed by atoms with Crippen molar-refractivity contribution in [2.45, 2.75) is 13.0 Å². The number of aromatic nitrogens is 1. The molecule has 8 heteroatoms. The number of carbonyl (C=O) groups excluding carboxylic acids is 2. The summed E-state index contributed by atoms with van der Waals surface area (Å²) in [6, 6.07) is 6.95. The number of oxazole rings is 1. The SMILES string of the molecule is Cc1nc(C(=O)N2C[C@@H](C(=O)NN)Oc3ccccc32)co1. The molecule has 22 heavy (non-hydrogen) atoms. The highest BCUT2D eigenvalue weighted by Crippen LogP contribution is 2.33. The van der Waals surface area contributed by atoms with Crippen molar-refractivity contribution in [3.8, 4) is 5.75 Å². The molecule has 0 radical (unpaired) electrons. The largest absolute Gasteiger partial charge is 0.476 e. The summed E-state index contributed by atoms with van der Waals surface area (Å²) in [5.74, 6) is 5.08. The number of anilines is 1. The highest BCUT2D eigenvalue weighted by atomic mass is 16.5. The van der Waals surface area contributed by atoms with Gasteiger partial charge in [0, 0.05) is 6.92 Å². The molecule has 1 aliphatic rings. The highest BCUT2D eigenvalue weighted by molar-refractivity contribution is 6.06. The third-order valence-electron chi connectivity index (χ3n) is 3.29. The molecular formula is C14H14N4O4. The molecule has 8 nitrogen and oxygen atoms in total. The Morgan fingerprint density at radius 1 is 1.41 bits per heavy atom. The van der Waals surface area contributed by atoms with Crippen molar-refractivity contribution in [3.63, 3.8) is 0 Å². The fraction of sp³-hybridized carbons (Fsp3) is 0.214. The average molecular weight is 302 g/mol. The fourth-order valence-electron chi connectivity index (χ4n) is 2.26. The van der Waals surface area contributed by atoms with Crippen LogP contribution in [0.1, 0.15) is 16.4 Å². The minimum absolute atomic E-state index is 0.0325. The van der Waals surface area contributed by atoms with Gasteiger partial charge in [-0.15, -0.1) is 0 Å². The molecule has 3 N–H and O–H groups in total. The summed E-state index contributed by atoms with van der Waals surface area (Å²) in [5.41, 5.74) is 2.76. The maximum Gasteiger partial charge on any atom is 0.280 e. The van der Waals surface area contributed by atoms with Crippen LogP contribution in [0.2, 0.25) is 0 Å². The van der Waals surface area contributed by atoms with Crippen LogP contribution in [0.25, 0.3) is 0 Å². The van der Waals surface area contributed by atoms with Crippen molar-refractivity contribution in [1.29, 1.82) is 0 Å². The van der Waals surface area contributed by atoms with Gasteiger partial charge in [-0.2, -0.15) is 0 Å². The van der Waals surface area contributed by atoms with Crippen LogP contribution in [-0.4, -0.2) is 29.4 Å². The van der Waals surface area contributed by atoms with Gasteiger partial charge in [-0.3, -0.25) is 19.9 Å². The number of benzene rings is 1. The Balaban J connectivity index is 1.98. The van der Waals surface area contributed by atoms with E-state index < -0.39 is 12.0 Å². The van der Waals surface area contributed by atoms with Crippen molar-refractivity contribution in [2.75, 3.05) is 11.4 Å². The average Bonchev–Trinajstić information content (AvgIpc) is 2.98. The first-order valence-electron chi connectivity index (χ1n) is 6.60. The van der Waals surface area contributed by atoms with Gasteiger partial charge in [-0.1, -0.05) is 12.1 Å². The molecule has 0 saturated heterocycles. The second-order valence-corrected chi connectivity index (χ2v) is 4.75. The van der Waals surface area contributed by atoms with Gasteiger partial charge in [0.25, 0.3) is 11.8 Å². The van der Waals surface area contributed by atoms with E-state index >= 15 is 0 Å². The zero-order chi connectivity index (χ0) is 15.7. The van der Waals surface area contributed by atoms with Gasteiger partial charge < -0.3 is 9.15 Å².